The topological polar surface area (TPSA) is 69.2 Å². The van der Waals surface area contributed by atoms with Crippen LogP contribution < -0.4 is 0 Å². The summed E-state index contributed by atoms with van der Waals surface area (Å²) in [6.45, 7) is 1.68. The molecule has 2 heterocycles. The molecule has 0 radical (unpaired) electrons. The molecule has 12 heavy (non-hydrogen) atoms. The Kier molecular flexibility index (Phi) is 1.21. The normalized spacial score (nSPS) is 14.4. The maximum Gasteiger partial charge on any atom is 0.367 e. The van der Waals surface area contributed by atoms with Crippen LogP contribution in [0, 0.1) is 6.92 Å². The lowest BCUT2D eigenvalue weighted by Crippen LogP contribution is -2.00. The van der Waals surface area contributed by atoms with Crippen LogP contribution in [-0.4, -0.2) is 21.9 Å². The van der Waals surface area contributed by atoms with Crippen molar-refractivity contribution in [3.8, 4) is 0 Å². The van der Waals surface area contributed by atoms with Crippen molar-refractivity contribution in [1.29, 1.82) is 0 Å². The van der Waals surface area contributed by atoms with Crippen LogP contribution in [-0.2, 0) is 4.74 Å². The highest BCUT2D eigenvalue weighted by atomic mass is 16.6. The van der Waals surface area contributed by atoms with Gasteiger partial charge in [0.25, 0.3) is 0 Å². The van der Waals surface area contributed by atoms with Crippen LogP contribution in [0.25, 0.3) is 0 Å². The van der Waals surface area contributed by atoms with Crippen molar-refractivity contribution in [3.05, 3.63) is 23.3 Å². The summed E-state index contributed by atoms with van der Waals surface area (Å²) in [6, 6.07) is 0. The van der Waals surface area contributed by atoms with Gasteiger partial charge >= 0.3 is 11.9 Å². The Bertz CT molecular complexity index is 386. The summed E-state index contributed by atoms with van der Waals surface area (Å²) in [7, 11) is 0. The van der Waals surface area contributed by atoms with Crippen molar-refractivity contribution in [3.63, 3.8) is 0 Å². The number of hydrogen-bond acceptors (Lipinski definition) is 5. The van der Waals surface area contributed by atoms with E-state index in [2.05, 4.69) is 14.7 Å². The predicted octanol–water partition coefficient (Wildman–Crippen LogP) is 0.0956. The van der Waals surface area contributed by atoms with Gasteiger partial charge in [-0.2, -0.15) is 0 Å². The zero-order valence-corrected chi connectivity index (χ0v) is 6.20. The number of nitrogens with zero attached hydrogens (tertiary/aromatic N) is 2. The third-order valence-electron chi connectivity index (χ3n) is 1.47. The van der Waals surface area contributed by atoms with E-state index in [1.807, 2.05) is 0 Å². The van der Waals surface area contributed by atoms with Crippen molar-refractivity contribution in [2.24, 2.45) is 0 Å². The van der Waals surface area contributed by atoms with E-state index in [0.717, 1.165) is 0 Å². The number of aryl methyl sites for hydroxylation is 1. The molecule has 0 atom stereocenters. The standard InChI is InChI=1S/C7H4N2O3/c1-3-2-8-4-5(9-3)7(11)12-6(4)10/h2H,1H3. The molecule has 60 valence electrons. The Morgan fingerprint density at radius 1 is 1.25 bits per heavy atom. The zero-order valence-electron chi connectivity index (χ0n) is 6.20. The van der Waals surface area contributed by atoms with Crippen molar-refractivity contribution < 1.29 is 14.3 Å². The van der Waals surface area contributed by atoms with E-state index >= 15 is 0 Å². The predicted molar refractivity (Wildman–Crippen MR) is 36.5 cm³/mol. The summed E-state index contributed by atoms with van der Waals surface area (Å²) in [5, 5.41) is 0. The lowest BCUT2D eigenvalue weighted by atomic mass is 10.3. The molecule has 0 aliphatic carbocycles. The minimum Gasteiger partial charge on any atom is -0.383 e. The molecule has 0 aromatic carbocycles. The Morgan fingerprint density at radius 3 is 2.67 bits per heavy atom. The van der Waals surface area contributed by atoms with Crippen LogP contribution in [0.3, 0.4) is 0 Å². The maximum absolute atomic E-state index is 10.9. The number of carbonyl (C=O) groups is 2. The first-order valence-electron chi connectivity index (χ1n) is 3.28. The highest BCUT2D eigenvalue weighted by Gasteiger charge is 2.32. The summed E-state index contributed by atoms with van der Waals surface area (Å²) in [6.07, 6.45) is 1.42. The molecule has 1 aromatic heterocycles. The van der Waals surface area contributed by atoms with E-state index < -0.39 is 11.9 Å². The first-order valence-corrected chi connectivity index (χ1v) is 3.28. The third-order valence-corrected chi connectivity index (χ3v) is 1.47. The first-order chi connectivity index (χ1) is 5.68. The van der Waals surface area contributed by atoms with Gasteiger partial charge in [-0.25, -0.2) is 19.6 Å². The van der Waals surface area contributed by atoms with E-state index in [4.69, 9.17) is 0 Å². The maximum atomic E-state index is 10.9. The average Bonchev–Trinajstić information content (AvgIpc) is 2.28. The fourth-order valence-electron chi connectivity index (χ4n) is 0.950. The molecule has 0 saturated carbocycles. The molecule has 0 saturated heterocycles. The molecule has 0 bridgehead atoms. The number of rotatable bonds is 0. The Balaban J connectivity index is 2.68. The van der Waals surface area contributed by atoms with E-state index in [9.17, 15) is 9.59 Å². The van der Waals surface area contributed by atoms with Gasteiger partial charge in [0.1, 0.15) is 0 Å². The van der Waals surface area contributed by atoms with Crippen LogP contribution in [0.2, 0.25) is 0 Å². The summed E-state index contributed by atoms with van der Waals surface area (Å²) < 4.78 is 4.28. The van der Waals surface area contributed by atoms with Gasteiger partial charge in [-0.15, -0.1) is 0 Å². The van der Waals surface area contributed by atoms with E-state index in [1.165, 1.54) is 6.20 Å². The number of fused-ring (bicyclic) bond motifs is 1. The van der Waals surface area contributed by atoms with Crippen molar-refractivity contribution in [1.82, 2.24) is 9.97 Å². The minimum absolute atomic E-state index is 0.00519. The highest BCUT2D eigenvalue weighted by molar-refractivity contribution is 6.12. The van der Waals surface area contributed by atoms with Gasteiger partial charge in [-0.3, -0.25) is 0 Å². The molecule has 0 spiro atoms. The molecular formula is C7H4N2O3. The molecule has 0 fully saturated rings. The molecular weight excluding hydrogens is 160 g/mol. The summed E-state index contributed by atoms with van der Waals surface area (Å²) in [5.41, 5.74) is 0.603. The van der Waals surface area contributed by atoms with Crippen molar-refractivity contribution in [2.75, 3.05) is 0 Å². The molecule has 0 N–H and O–H groups in total. The van der Waals surface area contributed by atoms with Crippen LogP contribution in [0.4, 0.5) is 0 Å². The number of aromatic nitrogens is 2. The van der Waals surface area contributed by atoms with Gasteiger partial charge < -0.3 is 4.74 Å². The Hall–Kier alpha value is -1.78. The van der Waals surface area contributed by atoms with E-state index in [-0.39, 0.29) is 11.4 Å². The average molecular weight is 164 g/mol. The van der Waals surface area contributed by atoms with E-state index in [1.54, 1.807) is 6.92 Å². The quantitative estimate of drug-likeness (QED) is 0.401. The van der Waals surface area contributed by atoms with Gasteiger partial charge in [0.15, 0.2) is 11.4 Å². The summed E-state index contributed by atoms with van der Waals surface area (Å²) >= 11 is 0. The number of esters is 2. The number of hydrogen-bond donors (Lipinski definition) is 0. The molecule has 1 aliphatic heterocycles. The highest BCUT2D eigenvalue weighted by Crippen LogP contribution is 2.14. The molecule has 1 aromatic rings. The fraction of sp³-hybridized carbons (Fsp3) is 0.143. The molecule has 5 nitrogen and oxygen atoms in total. The van der Waals surface area contributed by atoms with Gasteiger partial charge in [-0.1, -0.05) is 0 Å². The number of ether oxygens (including phenoxy) is 1. The number of carbonyl (C=O) groups excluding carboxylic acids is 2. The second kappa shape index (κ2) is 2.10. The monoisotopic (exact) mass is 164 g/mol. The fourth-order valence-corrected chi connectivity index (χ4v) is 0.950. The molecule has 1 aliphatic rings. The SMILES string of the molecule is Cc1cnc2c(n1)C(=O)OC2=O. The van der Waals surface area contributed by atoms with Gasteiger partial charge in [0.2, 0.25) is 0 Å². The second-order valence-corrected chi connectivity index (χ2v) is 2.39. The number of cyclic esters (lactones) is 2. The van der Waals surface area contributed by atoms with Crippen LogP contribution >= 0.6 is 0 Å². The third kappa shape index (κ3) is 0.795. The zero-order chi connectivity index (χ0) is 8.72. The van der Waals surface area contributed by atoms with Crippen LogP contribution in [0.1, 0.15) is 26.7 Å². The van der Waals surface area contributed by atoms with Crippen molar-refractivity contribution in [2.45, 2.75) is 6.92 Å². The Labute approximate surface area is 67.4 Å². The van der Waals surface area contributed by atoms with Crippen LogP contribution in [0.5, 0.6) is 0 Å². The smallest absolute Gasteiger partial charge is 0.367 e. The first kappa shape index (κ1) is 6.90. The minimum atomic E-state index is -0.720. The van der Waals surface area contributed by atoms with Gasteiger partial charge in [-0.05, 0) is 6.92 Å². The molecule has 2 rings (SSSR count). The molecule has 5 heteroatoms. The van der Waals surface area contributed by atoms with Crippen LogP contribution in [0.15, 0.2) is 6.20 Å². The van der Waals surface area contributed by atoms with Crippen molar-refractivity contribution >= 4 is 11.9 Å². The second-order valence-electron chi connectivity index (χ2n) is 2.39. The van der Waals surface area contributed by atoms with Gasteiger partial charge in [0, 0.05) is 6.20 Å². The van der Waals surface area contributed by atoms with E-state index in [0.29, 0.717) is 5.69 Å². The lowest BCUT2D eigenvalue weighted by Gasteiger charge is -1.91. The van der Waals surface area contributed by atoms with Gasteiger partial charge in [0.05, 0.1) is 5.69 Å². The molecule has 0 unspecified atom stereocenters. The largest absolute Gasteiger partial charge is 0.383 e. The Morgan fingerprint density at radius 2 is 1.92 bits per heavy atom. The summed E-state index contributed by atoms with van der Waals surface area (Å²) in [5.74, 6) is -1.44. The molecule has 0 amide bonds. The lowest BCUT2D eigenvalue weighted by molar-refractivity contribution is 0.0439. The summed E-state index contributed by atoms with van der Waals surface area (Å²) in [4.78, 5) is 29.3.